The molecule has 1 aromatic carbocycles. The molecular weight excluding hydrogens is 384 g/mol. The summed E-state index contributed by atoms with van der Waals surface area (Å²) in [7, 11) is 0. The molecule has 3 aromatic rings. The molecule has 4 N–H and O–H groups in total. The summed E-state index contributed by atoms with van der Waals surface area (Å²) in [5.74, 6) is 1.33. The zero-order chi connectivity index (χ0) is 20.8. The van der Waals surface area contributed by atoms with Crippen LogP contribution in [-0.4, -0.2) is 61.6 Å². The first-order valence-corrected chi connectivity index (χ1v) is 10.2. The third-order valence-electron chi connectivity index (χ3n) is 5.16. The molecule has 0 amide bonds. The van der Waals surface area contributed by atoms with Crippen LogP contribution in [0.3, 0.4) is 0 Å². The van der Waals surface area contributed by atoms with Crippen LogP contribution in [0.25, 0.3) is 11.0 Å². The number of aromatic nitrogens is 4. The van der Waals surface area contributed by atoms with Crippen LogP contribution >= 0.6 is 0 Å². The van der Waals surface area contributed by atoms with Crippen LogP contribution in [0.4, 0.5) is 11.6 Å². The zero-order valence-electron chi connectivity index (χ0n) is 16.6. The van der Waals surface area contributed by atoms with Crippen molar-refractivity contribution in [2.75, 3.05) is 23.8 Å². The molecule has 1 saturated carbocycles. The van der Waals surface area contributed by atoms with E-state index in [0.717, 1.165) is 31.4 Å². The molecule has 9 heteroatoms. The monoisotopic (exact) mass is 410 g/mol. The maximum Gasteiger partial charge on any atom is 0.222 e. The van der Waals surface area contributed by atoms with Gasteiger partial charge in [-0.1, -0.05) is 0 Å². The Balaban J connectivity index is 1.41. The molecule has 0 spiro atoms. The van der Waals surface area contributed by atoms with Crippen LogP contribution in [0.5, 0.6) is 5.75 Å². The van der Waals surface area contributed by atoms with Gasteiger partial charge in [-0.15, -0.1) is 0 Å². The molecule has 2 heterocycles. The number of nitrogens with one attached hydrogen (secondary N) is 2. The molecule has 0 radical (unpaired) electrons. The van der Waals surface area contributed by atoms with Gasteiger partial charge in [-0.05, 0) is 37.8 Å². The molecule has 1 fully saturated rings. The van der Waals surface area contributed by atoms with Crippen LogP contribution in [-0.2, 0) is 0 Å². The second-order valence-electron chi connectivity index (χ2n) is 7.42. The number of hydrogen-bond acceptors (Lipinski definition) is 9. The Labute approximate surface area is 174 Å². The van der Waals surface area contributed by atoms with Crippen LogP contribution in [0.1, 0.15) is 25.7 Å². The molecule has 158 valence electrons. The average Bonchev–Trinajstić information content (AvgIpc) is 2.79. The first kappa shape index (κ1) is 20.2. The molecule has 1 aliphatic rings. The van der Waals surface area contributed by atoms with E-state index in [0.29, 0.717) is 28.8 Å². The molecule has 4 rings (SSSR count). The van der Waals surface area contributed by atoms with Gasteiger partial charge in [0.2, 0.25) is 5.95 Å². The number of aliphatic hydroxyl groups is 2. The zero-order valence-corrected chi connectivity index (χ0v) is 16.6. The second kappa shape index (κ2) is 9.64. The first-order chi connectivity index (χ1) is 14.7. The van der Waals surface area contributed by atoms with E-state index in [4.69, 9.17) is 9.84 Å². The number of hydrogen-bond donors (Lipinski definition) is 4. The average molecular weight is 410 g/mol. The van der Waals surface area contributed by atoms with Crippen molar-refractivity contribution in [3.63, 3.8) is 0 Å². The lowest BCUT2D eigenvalue weighted by Gasteiger charge is -2.29. The number of aliphatic hydroxyl groups excluding tert-OH is 2. The van der Waals surface area contributed by atoms with Gasteiger partial charge < -0.3 is 25.6 Å². The highest BCUT2D eigenvalue weighted by Crippen LogP contribution is 2.31. The van der Waals surface area contributed by atoms with E-state index >= 15 is 0 Å². The predicted molar refractivity (Wildman–Crippen MR) is 113 cm³/mol. The van der Waals surface area contributed by atoms with Crippen molar-refractivity contribution in [3.8, 4) is 5.75 Å². The highest BCUT2D eigenvalue weighted by Gasteiger charge is 2.24. The van der Waals surface area contributed by atoms with Crippen LogP contribution in [0, 0.1) is 0 Å². The Hall–Kier alpha value is -3.04. The SMILES string of the molecule is OC[C@@H](O)CNc1cc(OC2CCC(Nc3ncccn3)CC2)c2nccnc2c1. The standard InChI is InChI=1S/C21H26N6O3/c28-13-16(29)12-26-15-10-18-20(23-9-8-22-18)19(11-15)30-17-4-2-14(3-5-17)27-21-24-6-1-7-25-21/h1,6-11,14,16-17,26,28-29H,2-5,12-13H2,(H,24,25,27)/t14?,16-,17?/m0/s1. The Morgan fingerprint density at radius 3 is 2.53 bits per heavy atom. The Bertz CT molecular complexity index is 950. The van der Waals surface area contributed by atoms with E-state index in [1.165, 1.54) is 0 Å². The van der Waals surface area contributed by atoms with Crippen molar-refractivity contribution < 1.29 is 14.9 Å². The van der Waals surface area contributed by atoms with Crippen molar-refractivity contribution in [3.05, 3.63) is 43.0 Å². The molecule has 0 aliphatic heterocycles. The molecule has 1 atom stereocenters. The Kier molecular flexibility index (Phi) is 6.50. The number of anilines is 2. The number of nitrogens with zero attached hydrogens (tertiary/aromatic N) is 4. The first-order valence-electron chi connectivity index (χ1n) is 10.2. The highest BCUT2D eigenvalue weighted by atomic mass is 16.5. The van der Waals surface area contributed by atoms with Crippen molar-refractivity contribution in [1.29, 1.82) is 0 Å². The maximum atomic E-state index is 9.61. The van der Waals surface area contributed by atoms with Gasteiger partial charge in [0.25, 0.3) is 0 Å². The lowest BCUT2D eigenvalue weighted by atomic mass is 9.93. The quantitative estimate of drug-likeness (QED) is 0.441. The Morgan fingerprint density at radius 1 is 1.00 bits per heavy atom. The summed E-state index contributed by atoms with van der Waals surface area (Å²) < 4.78 is 6.33. The normalized spacial score (nSPS) is 19.9. The van der Waals surface area contributed by atoms with E-state index in [1.54, 1.807) is 30.9 Å². The number of ether oxygens (including phenoxy) is 1. The largest absolute Gasteiger partial charge is 0.488 e. The number of rotatable bonds is 8. The molecule has 9 nitrogen and oxygen atoms in total. The van der Waals surface area contributed by atoms with Gasteiger partial charge in [-0.2, -0.15) is 0 Å². The summed E-state index contributed by atoms with van der Waals surface area (Å²) in [6.07, 6.45) is 9.76. The summed E-state index contributed by atoms with van der Waals surface area (Å²) in [4.78, 5) is 17.3. The molecule has 0 saturated heterocycles. The minimum atomic E-state index is -0.830. The topological polar surface area (TPSA) is 125 Å². The van der Waals surface area contributed by atoms with E-state index in [1.807, 2.05) is 12.1 Å². The van der Waals surface area contributed by atoms with Crippen LogP contribution in [0.2, 0.25) is 0 Å². The molecule has 2 aromatic heterocycles. The summed E-state index contributed by atoms with van der Waals surface area (Å²) >= 11 is 0. The maximum absolute atomic E-state index is 9.61. The van der Waals surface area contributed by atoms with Gasteiger partial charge in [0.1, 0.15) is 11.3 Å². The molecule has 0 unspecified atom stereocenters. The summed E-state index contributed by atoms with van der Waals surface area (Å²) in [5.41, 5.74) is 2.19. The van der Waals surface area contributed by atoms with E-state index in [9.17, 15) is 5.11 Å². The molecular formula is C21H26N6O3. The van der Waals surface area contributed by atoms with Crippen LogP contribution in [0.15, 0.2) is 43.0 Å². The Morgan fingerprint density at radius 2 is 1.77 bits per heavy atom. The minimum Gasteiger partial charge on any atom is -0.488 e. The predicted octanol–water partition coefficient (Wildman–Crippen LogP) is 1.99. The lowest BCUT2D eigenvalue weighted by molar-refractivity contribution is 0.105. The summed E-state index contributed by atoms with van der Waals surface area (Å²) in [5, 5.41) is 25.1. The van der Waals surface area contributed by atoms with Gasteiger partial charge >= 0.3 is 0 Å². The van der Waals surface area contributed by atoms with E-state index < -0.39 is 6.10 Å². The van der Waals surface area contributed by atoms with Crippen molar-refractivity contribution >= 4 is 22.7 Å². The van der Waals surface area contributed by atoms with Crippen molar-refractivity contribution in [2.45, 2.75) is 43.9 Å². The van der Waals surface area contributed by atoms with E-state index in [2.05, 4.69) is 30.6 Å². The van der Waals surface area contributed by atoms with Crippen molar-refractivity contribution in [2.24, 2.45) is 0 Å². The lowest BCUT2D eigenvalue weighted by Crippen LogP contribution is -2.31. The summed E-state index contributed by atoms with van der Waals surface area (Å²) in [6.45, 7) is -0.0604. The molecule has 1 aliphatic carbocycles. The van der Waals surface area contributed by atoms with E-state index in [-0.39, 0.29) is 19.3 Å². The minimum absolute atomic E-state index is 0.0863. The number of fused-ring (bicyclic) bond motifs is 1. The number of benzene rings is 1. The second-order valence-corrected chi connectivity index (χ2v) is 7.42. The van der Waals surface area contributed by atoms with Gasteiger partial charge in [-0.3, -0.25) is 4.98 Å². The van der Waals surface area contributed by atoms with Crippen LogP contribution < -0.4 is 15.4 Å². The smallest absolute Gasteiger partial charge is 0.222 e. The molecule has 0 bridgehead atoms. The highest BCUT2D eigenvalue weighted by molar-refractivity contribution is 5.85. The van der Waals surface area contributed by atoms with Gasteiger partial charge in [0.05, 0.1) is 24.3 Å². The third-order valence-corrected chi connectivity index (χ3v) is 5.16. The molecule has 30 heavy (non-hydrogen) atoms. The fraction of sp³-hybridized carbons (Fsp3) is 0.429. The summed E-state index contributed by atoms with van der Waals surface area (Å²) in [6, 6.07) is 5.87. The van der Waals surface area contributed by atoms with Crippen molar-refractivity contribution in [1.82, 2.24) is 19.9 Å². The fourth-order valence-electron chi connectivity index (χ4n) is 3.60. The van der Waals surface area contributed by atoms with Gasteiger partial charge in [0, 0.05) is 49.1 Å². The van der Waals surface area contributed by atoms with Gasteiger partial charge in [-0.25, -0.2) is 15.0 Å². The fourth-order valence-corrected chi connectivity index (χ4v) is 3.60. The third kappa shape index (κ3) is 5.11. The van der Waals surface area contributed by atoms with Gasteiger partial charge in [0.15, 0.2) is 0 Å².